The van der Waals surface area contributed by atoms with Gasteiger partial charge in [-0.25, -0.2) is 9.59 Å². The molecule has 0 saturated heterocycles. The van der Waals surface area contributed by atoms with Gasteiger partial charge >= 0.3 is 43.2 Å². The average molecular weight is 707 g/mol. The summed E-state index contributed by atoms with van der Waals surface area (Å²) in [5.74, 6) is -5.43. The van der Waals surface area contributed by atoms with Crippen molar-refractivity contribution in [2.75, 3.05) is 0 Å². The van der Waals surface area contributed by atoms with Crippen LogP contribution in [0.4, 0.5) is 26.3 Å². The lowest BCUT2D eigenvalue weighted by atomic mass is 9.93. The molecule has 0 radical (unpaired) electrons. The maximum atomic E-state index is 12.8. The fourth-order valence-electron chi connectivity index (χ4n) is 3.98. The number of carboxylic acids is 2. The molecule has 0 aliphatic heterocycles. The molecule has 0 heterocycles. The highest BCUT2D eigenvalue weighted by Gasteiger charge is 2.49. The molecule has 0 aromatic heterocycles. The van der Waals surface area contributed by atoms with Crippen LogP contribution in [-0.4, -0.2) is 50.0 Å². The van der Waals surface area contributed by atoms with Crippen LogP contribution in [-0.2, 0) is 20.2 Å². The first-order valence-corrected chi connectivity index (χ1v) is 15.2. The Morgan fingerprint density at radius 1 is 0.574 bits per heavy atom. The maximum Gasteiger partial charge on any atom is 0.534 e. The molecule has 0 aliphatic carbocycles. The second kappa shape index (κ2) is 12.5. The molecule has 0 unspecified atom stereocenters. The summed E-state index contributed by atoms with van der Waals surface area (Å²) in [6.45, 7) is 0. The van der Waals surface area contributed by atoms with Crippen LogP contribution in [0.3, 0.4) is 0 Å². The van der Waals surface area contributed by atoms with Gasteiger partial charge in [0.25, 0.3) is 0 Å². The van der Waals surface area contributed by atoms with Crippen molar-refractivity contribution in [3.63, 3.8) is 0 Å². The van der Waals surface area contributed by atoms with Crippen molar-refractivity contribution in [1.82, 2.24) is 0 Å². The van der Waals surface area contributed by atoms with Gasteiger partial charge in [0.05, 0.1) is 5.56 Å². The minimum absolute atomic E-state index is 0.0503. The predicted octanol–water partition coefficient (Wildman–Crippen LogP) is 6.67. The van der Waals surface area contributed by atoms with Gasteiger partial charge < -0.3 is 23.3 Å². The van der Waals surface area contributed by atoms with Gasteiger partial charge in [-0.2, -0.15) is 43.2 Å². The Hall–Kier alpha value is -5.30. The monoisotopic (exact) mass is 706 g/mol. The molecule has 11 nitrogen and oxygen atoms in total. The van der Waals surface area contributed by atoms with Crippen LogP contribution in [0.15, 0.2) is 84.9 Å². The van der Waals surface area contributed by atoms with Crippen LogP contribution in [0, 0.1) is 0 Å². The third kappa shape index (κ3) is 7.58. The molecule has 19 heteroatoms. The summed E-state index contributed by atoms with van der Waals surface area (Å²) in [6, 6.07) is 15.4. The van der Waals surface area contributed by atoms with Gasteiger partial charge in [0, 0.05) is 5.56 Å². The molecule has 0 fully saturated rings. The Morgan fingerprint density at radius 2 is 1.06 bits per heavy atom. The van der Waals surface area contributed by atoms with Crippen molar-refractivity contribution >= 4 is 32.2 Å². The summed E-state index contributed by atoms with van der Waals surface area (Å²) in [7, 11) is -12.1. The molecule has 0 atom stereocenters. The highest BCUT2D eigenvalue weighted by atomic mass is 32.2. The van der Waals surface area contributed by atoms with E-state index < -0.39 is 77.1 Å². The summed E-state index contributed by atoms with van der Waals surface area (Å²) in [4.78, 5) is 24.4. The third-order valence-corrected chi connectivity index (χ3v) is 7.92. The van der Waals surface area contributed by atoms with Gasteiger partial charge in [0.15, 0.2) is 0 Å². The molecule has 0 amide bonds. The van der Waals surface area contributed by atoms with Gasteiger partial charge in [0.1, 0.15) is 28.6 Å². The number of hydrogen-bond donors (Lipinski definition) is 2. The first kappa shape index (κ1) is 34.6. The van der Waals surface area contributed by atoms with Crippen LogP contribution in [0.2, 0.25) is 0 Å². The second-order valence-corrected chi connectivity index (χ2v) is 12.2. The SMILES string of the molecule is O=C(O)c1ccc(Oc2ccc(-c3cccc(OS(=O)(=O)C(F)(F)F)c3)cc2)c(C(=O)O)c1-c1cccc(OS(=O)(=O)C(F)(F)F)c1. The topological polar surface area (TPSA) is 171 Å². The fraction of sp³-hybridized carbons (Fsp3) is 0.0714. The normalized spacial score (nSPS) is 12.3. The smallest absolute Gasteiger partial charge is 0.478 e. The number of carboxylic acid groups (broad SMARTS) is 2. The van der Waals surface area contributed by atoms with Gasteiger partial charge in [0.2, 0.25) is 0 Å². The zero-order chi connectivity index (χ0) is 34.9. The Kier molecular flexibility index (Phi) is 9.18. The summed E-state index contributed by atoms with van der Waals surface area (Å²) >= 11 is 0. The van der Waals surface area contributed by atoms with E-state index in [-0.39, 0.29) is 16.9 Å². The lowest BCUT2D eigenvalue weighted by Crippen LogP contribution is -2.28. The maximum absolute atomic E-state index is 12.8. The van der Waals surface area contributed by atoms with E-state index in [1.165, 1.54) is 36.4 Å². The number of hydrogen-bond acceptors (Lipinski definition) is 9. The molecule has 2 N–H and O–H groups in total. The van der Waals surface area contributed by atoms with Crippen molar-refractivity contribution in [2.45, 2.75) is 11.0 Å². The largest absolute Gasteiger partial charge is 0.534 e. The van der Waals surface area contributed by atoms with Gasteiger partial charge in [-0.1, -0.05) is 36.4 Å². The number of ether oxygens (including phenoxy) is 1. The highest BCUT2D eigenvalue weighted by Crippen LogP contribution is 2.39. The molecular weight excluding hydrogens is 690 g/mol. The summed E-state index contributed by atoms with van der Waals surface area (Å²) in [5, 5.41) is 19.8. The van der Waals surface area contributed by atoms with Crippen LogP contribution in [0.25, 0.3) is 22.3 Å². The van der Waals surface area contributed by atoms with E-state index >= 15 is 0 Å². The lowest BCUT2D eigenvalue weighted by Gasteiger charge is -2.16. The molecule has 4 rings (SSSR count). The molecule has 0 spiro atoms. The molecule has 0 aliphatic rings. The van der Waals surface area contributed by atoms with E-state index in [2.05, 4.69) is 8.37 Å². The number of carbonyl (C=O) groups is 2. The molecule has 0 saturated carbocycles. The quantitative estimate of drug-likeness (QED) is 0.103. The Bertz CT molecular complexity index is 2080. The van der Waals surface area contributed by atoms with E-state index in [1.54, 1.807) is 0 Å². The number of aromatic carboxylic acids is 2. The molecular formula is C28H16F6O11S2. The van der Waals surface area contributed by atoms with E-state index in [0.717, 1.165) is 42.5 Å². The first-order valence-electron chi connectivity index (χ1n) is 12.3. The molecule has 4 aromatic carbocycles. The number of halogens is 6. The van der Waals surface area contributed by atoms with Gasteiger partial charge in [-0.3, -0.25) is 0 Å². The van der Waals surface area contributed by atoms with E-state index in [9.17, 15) is 63.0 Å². The molecule has 248 valence electrons. The summed E-state index contributed by atoms with van der Waals surface area (Å²) in [5.41, 5.74) is -13.3. The van der Waals surface area contributed by atoms with Crippen molar-refractivity contribution in [1.29, 1.82) is 0 Å². The minimum atomic E-state index is -6.13. The van der Waals surface area contributed by atoms with Gasteiger partial charge in [-0.05, 0) is 65.2 Å². The third-order valence-electron chi connectivity index (χ3n) is 5.96. The summed E-state index contributed by atoms with van der Waals surface area (Å²) < 4.78 is 136. The minimum Gasteiger partial charge on any atom is -0.478 e. The van der Waals surface area contributed by atoms with Crippen LogP contribution in [0.5, 0.6) is 23.0 Å². The van der Waals surface area contributed by atoms with Crippen molar-refractivity contribution < 1.29 is 76.1 Å². The van der Waals surface area contributed by atoms with Gasteiger partial charge in [-0.15, -0.1) is 0 Å². The number of rotatable bonds is 10. The molecule has 4 aromatic rings. The average Bonchev–Trinajstić information content (AvgIpc) is 2.95. The first-order chi connectivity index (χ1) is 21.7. The Balaban J connectivity index is 1.71. The molecule has 0 bridgehead atoms. The van der Waals surface area contributed by atoms with Crippen LogP contribution < -0.4 is 13.1 Å². The fourth-order valence-corrected chi connectivity index (χ4v) is 4.88. The van der Waals surface area contributed by atoms with E-state index in [4.69, 9.17) is 4.74 Å². The van der Waals surface area contributed by atoms with Crippen molar-refractivity contribution in [3.8, 4) is 45.3 Å². The second-order valence-electron chi connectivity index (χ2n) is 9.12. The highest BCUT2D eigenvalue weighted by molar-refractivity contribution is 7.88. The zero-order valence-corrected chi connectivity index (χ0v) is 24.4. The van der Waals surface area contributed by atoms with Crippen LogP contribution >= 0.6 is 0 Å². The van der Waals surface area contributed by atoms with Crippen molar-refractivity contribution in [2.24, 2.45) is 0 Å². The van der Waals surface area contributed by atoms with E-state index in [0.29, 0.717) is 11.6 Å². The number of benzene rings is 4. The Morgan fingerprint density at radius 3 is 1.53 bits per heavy atom. The standard InChI is InChI=1S/C28H16F6O11S2/c29-27(30,31)46(39,40)44-19-5-1-3-16(13-19)15-7-9-18(10-8-15)43-22-12-11-21(25(35)36)23(24(22)26(37)38)17-4-2-6-20(14-17)45-47(41,42)28(32,33)34/h1-14H,(H,35,36)(H,37,38). The predicted molar refractivity (Wildman–Crippen MR) is 149 cm³/mol. The Labute approximate surface area is 260 Å². The van der Waals surface area contributed by atoms with Crippen molar-refractivity contribution in [3.05, 3.63) is 96.1 Å². The van der Waals surface area contributed by atoms with E-state index in [1.807, 2.05) is 0 Å². The zero-order valence-electron chi connectivity index (χ0n) is 22.7. The lowest BCUT2D eigenvalue weighted by molar-refractivity contribution is -0.0504. The molecule has 47 heavy (non-hydrogen) atoms. The summed E-state index contributed by atoms with van der Waals surface area (Å²) in [6.07, 6.45) is 0. The number of alkyl halides is 6. The van der Waals surface area contributed by atoms with Crippen LogP contribution in [0.1, 0.15) is 20.7 Å².